The lowest BCUT2D eigenvalue weighted by Gasteiger charge is -2.15. The molecule has 1 unspecified atom stereocenters. The summed E-state index contributed by atoms with van der Waals surface area (Å²) in [5.41, 5.74) is 1.53. The molecule has 0 aliphatic heterocycles. The van der Waals surface area contributed by atoms with Crippen LogP contribution in [0.25, 0.3) is 0 Å². The Morgan fingerprint density at radius 1 is 1.33 bits per heavy atom. The number of carbonyl (C=O) groups is 2. The van der Waals surface area contributed by atoms with Gasteiger partial charge in [0, 0.05) is 17.3 Å². The highest BCUT2D eigenvalue weighted by Crippen LogP contribution is 2.39. The molecule has 0 aromatic carbocycles. The number of thiophene rings is 1. The van der Waals surface area contributed by atoms with Gasteiger partial charge in [-0.05, 0) is 62.8 Å². The summed E-state index contributed by atoms with van der Waals surface area (Å²) >= 11 is 1.47. The molecule has 0 saturated heterocycles. The van der Waals surface area contributed by atoms with Crippen molar-refractivity contribution in [2.24, 2.45) is 0 Å². The highest BCUT2D eigenvalue weighted by Gasteiger charge is 2.28. The minimum Gasteiger partial charge on any atom is -0.459 e. The quantitative estimate of drug-likeness (QED) is 0.554. The molecule has 0 radical (unpaired) electrons. The Hall–Kier alpha value is -2.87. The predicted molar refractivity (Wildman–Crippen MR) is 114 cm³/mol. The molecule has 1 aliphatic carbocycles. The van der Waals surface area contributed by atoms with E-state index in [1.165, 1.54) is 11.3 Å². The number of furan rings is 1. The van der Waals surface area contributed by atoms with E-state index < -0.39 is 0 Å². The third kappa shape index (κ3) is 4.33. The monoisotopic (exact) mass is 427 g/mol. The largest absolute Gasteiger partial charge is 0.459 e. The van der Waals surface area contributed by atoms with Crippen LogP contribution in [0, 0.1) is 0 Å². The van der Waals surface area contributed by atoms with Crippen LogP contribution in [-0.2, 0) is 24.1 Å². The number of aromatic nitrogens is 2. The molecule has 0 fully saturated rings. The van der Waals surface area contributed by atoms with E-state index in [9.17, 15) is 9.59 Å². The maximum atomic E-state index is 12.9. The van der Waals surface area contributed by atoms with Gasteiger partial charge in [-0.1, -0.05) is 6.92 Å². The Kier molecular flexibility index (Phi) is 6.03. The molecule has 1 aliphatic rings. The fraction of sp³-hybridized carbons (Fsp3) is 0.409. The first kappa shape index (κ1) is 20.4. The molecule has 3 heterocycles. The molecule has 0 bridgehead atoms. The summed E-state index contributed by atoms with van der Waals surface area (Å²) in [6.07, 6.45) is 7.98. The first-order valence-electron chi connectivity index (χ1n) is 10.3. The lowest BCUT2D eigenvalue weighted by molar-refractivity contribution is 0.0335. The Balaban J connectivity index is 1.55. The molecule has 1 atom stereocenters. The van der Waals surface area contributed by atoms with E-state index in [-0.39, 0.29) is 23.7 Å². The first-order valence-corrected chi connectivity index (χ1v) is 11.1. The van der Waals surface area contributed by atoms with Gasteiger partial charge < -0.3 is 14.5 Å². The first-order chi connectivity index (χ1) is 14.5. The van der Waals surface area contributed by atoms with E-state index in [0.29, 0.717) is 22.9 Å². The van der Waals surface area contributed by atoms with Crippen LogP contribution in [0.5, 0.6) is 0 Å². The van der Waals surface area contributed by atoms with Crippen LogP contribution < -0.4 is 5.32 Å². The van der Waals surface area contributed by atoms with E-state index in [4.69, 9.17) is 9.15 Å². The maximum Gasteiger partial charge on any atom is 0.341 e. The SMILES string of the molecule is CCC(C)OC(=O)c1c(NC(=O)c2ccc(Cn3cccn3)o2)sc2c1CCCC2. The number of anilines is 1. The lowest BCUT2D eigenvalue weighted by Crippen LogP contribution is -2.18. The van der Waals surface area contributed by atoms with Crippen molar-refractivity contribution in [3.8, 4) is 0 Å². The van der Waals surface area contributed by atoms with Gasteiger partial charge in [-0.3, -0.25) is 9.48 Å². The fourth-order valence-electron chi connectivity index (χ4n) is 3.50. The second-order valence-corrected chi connectivity index (χ2v) is 8.57. The van der Waals surface area contributed by atoms with E-state index >= 15 is 0 Å². The van der Waals surface area contributed by atoms with Crippen LogP contribution in [0.2, 0.25) is 0 Å². The summed E-state index contributed by atoms with van der Waals surface area (Å²) in [6, 6.07) is 5.22. The van der Waals surface area contributed by atoms with Crippen LogP contribution in [-0.4, -0.2) is 27.8 Å². The molecule has 4 rings (SSSR count). The number of nitrogens with one attached hydrogen (secondary N) is 1. The van der Waals surface area contributed by atoms with Gasteiger partial charge >= 0.3 is 5.97 Å². The highest BCUT2D eigenvalue weighted by molar-refractivity contribution is 7.17. The molecule has 158 valence electrons. The molecule has 3 aromatic rings. The van der Waals surface area contributed by atoms with Crippen molar-refractivity contribution in [2.75, 3.05) is 5.32 Å². The minimum absolute atomic E-state index is 0.171. The van der Waals surface area contributed by atoms with Gasteiger partial charge in [-0.15, -0.1) is 11.3 Å². The Bertz CT molecular complexity index is 1040. The zero-order valence-electron chi connectivity index (χ0n) is 17.1. The van der Waals surface area contributed by atoms with E-state index in [1.54, 1.807) is 23.0 Å². The van der Waals surface area contributed by atoms with Crippen molar-refractivity contribution in [3.63, 3.8) is 0 Å². The van der Waals surface area contributed by atoms with Gasteiger partial charge in [0.15, 0.2) is 5.76 Å². The Morgan fingerprint density at radius 2 is 2.17 bits per heavy atom. The number of carbonyl (C=O) groups excluding carboxylic acids is 2. The Labute approximate surface area is 179 Å². The molecular formula is C22H25N3O4S. The maximum absolute atomic E-state index is 12.9. The number of aryl methyl sites for hydroxylation is 1. The topological polar surface area (TPSA) is 86.4 Å². The number of ether oxygens (including phenoxy) is 1. The van der Waals surface area contributed by atoms with Crippen molar-refractivity contribution < 1.29 is 18.7 Å². The number of hydrogen-bond acceptors (Lipinski definition) is 6. The van der Waals surface area contributed by atoms with Crippen molar-refractivity contribution >= 4 is 28.2 Å². The summed E-state index contributed by atoms with van der Waals surface area (Å²) in [5, 5.41) is 7.58. The number of hydrogen-bond donors (Lipinski definition) is 1. The third-order valence-corrected chi connectivity index (χ3v) is 6.46. The number of fused-ring (bicyclic) bond motifs is 1. The van der Waals surface area contributed by atoms with Gasteiger partial charge in [0.1, 0.15) is 10.8 Å². The molecule has 1 amide bonds. The summed E-state index contributed by atoms with van der Waals surface area (Å²) in [6.45, 7) is 4.29. The number of rotatable bonds is 7. The van der Waals surface area contributed by atoms with Gasteiger partial charge in [-0.2, -0.15) is 5.10 Å². The molecule has 0 spiro atoms. The molecular weight excluding hydrogens is 402 g/mol. The molecule has 3 aromatic heterocycles. The van der Waals surface area contributed by atoms with Crippen molar-refractivity contribution in [1.82, 2.24) is 9.78 Å². The van der Waals surface area contributed by atoms with Gasteiger partial charge in [0.25, 0.3) is 5.91 Å². The average molecular weight is 428 g/mol. The molecule has 1 N–H and O–H groups in total. The van der Waals surface area contributed by atoms with E-state index in [1.807, 2.05) is 26.1 Å². The smallest absolute Gasteiger partial charge is 0.341 e. The number of amides is 1. The van der Waals surface area contributed by atoms with Crippen LogP contribution in [0.3, 0.4) is 0 Å². The zero-order chi connectivity index (χ0) is 21.1. The summed E-state index contributed by atoms with van der Waals surface area (Å²) < 4.78 is 13.0. The van der Waals surface area contributed by atoms with Crippen LogP contribution >= 0.6 is 11.3 Å². The van der Waals surface area contributed by atoms with Crippen LogP contribution in [0.4, 0.5) is 5.00 Å². The van der Waals surface area contributed by atoms with Crippen LogP contribution in [0.15, 0.2) is 35.0 Å². The second kappa shape index (κ2) is 8.87. The van der Waals surface area contributed by atoms with Crippen molar-refractivity contribution in [1.29, 1.82) is 0 Å². The Morgan fingerprint density at radius 3 is 2.93 bits per heavy atom. The van der Waals surface area contributed by atoms with E-state index in [2.05, 4.69) is 10.4 Å². The average Bonchev–Trinajstić information content (AvgIpc) is 3.47. The standard InChI is InChI=1S/C22H25N3O4S/c1-3-14(2)28-22(27)19-16-7-4-5-8-18(16)30-21(19)24-20(26)17-10-9-15(29-17)13-25-12-6-11-23-25/h6,9-12,14H,3-5,7-8,13H2,1-2H3,(H,24,26). The number of nitrogens with zero attached hydrogens (tertiary/aromatic N) is 2. The van der Waals surface area contributed by atoms with Crippen molar-refractivity contribution in [2.45, 2.75) is 58.6 Å². The van der Waals surface area contributed by atoms with Crippen LogP contribution in [0.1, 0.15) is 70.2 Å². The van der Waals surface area contributed by atoms with Gasteiger partial charge in [0.05, 0.1) is 18.2 Å². The summed E-state index contributed by atoms with van der Waals surface area (Å²) in [4.78, 5) is 26.8. The predicted octanol–water partition coefficient (Wildman–Crippen LogP) is 4.67. The van der Waals surface area contributed by atoms with E-state index in [0.717, 1.165) is 42.5 Å². The highest BCUT2D eigenvalue weighted by atomic mass is 32.1. The normalized spacial score (nSPS) is 14.2. The molecule has 8 heteroatoms. The number of esters is 1. The summed E-state index contributed by atoms with van der Waals surface area (Å²) in [7, 11) is 0. The molecule has 7 nitrogen and oxygen atoms in total. The van der Waals surface area contributed by atoms with Gasteiger partial charge in [0.2, 0.25) is 0 Å². The molecule has 0 saturated carbocycles. The zero-order valence-corrected chi connectivity index (χ0v) is 18.0. The van der Waals surface area contributed by atoms with Gasteiger partial charge in [-0.25, -0.2) is 4.79 Å². The minimum atomic E-state index is -0.377. The second-order valence-electron chi connectivity index (χ2n) is 7.46. The van der Waals surface area contributed by atoms with Crippen molar-refractivity contribution in [3.05, 3.63) is 58.1 Å². The lowest BCUT2D eigenvalue weighted by atomic mass is 9.95. The molecule has 30 heavy (non-hydrogen) atoms. The third-order valence-electron chi connectivity index (χ3n) is 5.25. The fourth-order valence-corrected chi connectivity index (χ4v) is 4.77. The summed E-state index contributed by atoms with van der Waals surface area (Å²) in [5.74, 6) is 0.0891.